The van der Waals surface area contributed by atoms with Crippen molar-refractivity contribution in [2.75, 3.05) is 0 Å². The number of hydrogen-bond acceptors (Lipinski definition) is 18. The maximum absolute atomic E-state index is 4.58. The second-order valence-corrected chi connectivity index (χ2v) is 10.1. The Balaban J connectivity index is 0.000000360. The fraction of sp³-hybridized carbons (Fsp3) is 0. The molecule has 12 aromatic rings. The van der Waals surface area contributed by atoms with Crippen LogP contribution in [0.3, 0.4) is 0 Å². The fourth-order valence-electron chi connectivity index (χ4n) is 2.90. The molecule has 0 bridgehead atoms. The van der Waals surface area contributed by atoms with Gasteiger partial charge in [0.1, 0.15) is 38.0 Å². The molecule has 4 N–H and O–H groups in total. The van der Waals surface area contributed by atoms with Gasteiger partial charge >= 0.3 is 0 Å². The van der Waals surface area contributed by atoms with E-state index in [0.717, 1.165) is 0 Å². The van der Waals surface area contributed by atoms with E-state index < -0.39 is 0 Å². The minimum atomic E-state index is 1.26. The Hall–Kier alpha value is -10.1. The number of hydrogen-bond donors (Lipinski definition) is 4. The number of imidazole rings is 1. The summed E-state index contributed by atoms with van der Waals surface area (Å²) in [5, 5.41) is 25.9. The third-order valence-corrected chi connectivity index (χ3v) is 5.42. The summed E-state index contributed by atoms with van der Waals surface area (Å²) in [5.74, 6) is 0. The second kappa shape index (κ2) is 51.0. The van der Waals surface area contributed by atoms with Crippen LogP contribution in [0.25, 0.3) is 0 Å². The zero-order valence-electron chi connectivity index (χ0n) is 35.4. The molecule has 0 aliphatic carbocycles. The number of nitrogens with one attached hydrogen (secondary N) is 4. The summed E-state index contributed by atoms with van der Waals surface area (Å²) in [6.45, 7) is 0. The van der Waals surface area contributed by atoms with Gasteiger partial charge in [-0.15, -0.1) is 10.2 Å². The van der Waals surface area contributed by atoms with Crippen LogP contribution in [-0.2, 0) is 0 Å². The molecule has 0 spiro atoms. The molecule has 0 radical (unpaired) electrons. The number of rotatable bonds is 0. The Labute approximate surface area is 380 Å². The molecule has 0 aliphatic heterocycles. The number of pyridine rings is 1. The number of furan rings is 1. The van der Waals surface area contributed by atoms with Crippen LogP contribution in [0, 0.1) is 0 Å². The maximum atomic E-state index is 4.58. The Bertz CT molecular complexity index is 1630. The molecule has 336 valence electrons. The van der Waals surface area contributed by atoms with Crippen LogP contribution >= 0.6 is 0 Å². The summed E-state index contributed by atoms with van der Waals surface area (Å²) in [6, 6.07) is 32.5. The monoisotopic (exact) mass is 888 g/mol. The van der Waals surface area contributed by atoms with Crippen LogP contribution in [0.5, 0.6) is 0 Å². The van der Waals surface area contributed by atoms with Crippen molar-refractivity contribution in [3.8, 4) is 0 Å². The highest BCUT2D eigenvalue weighted by molar-refractivity contribution is 4.99. The topological polar surface area (TPSA) is 296 Å². The van der Waals surface area contributed by atoms with E-state index in [1.54, 1.807) is 112 Å². The predicted molar refractivity (Wildman–Crippen MR) is 244 cm³/mol. The van der Waals surface area contributed by atoms with Crippen molar-refractivity contribution in [1.82, 2.24) is 101 Å². The van der Waals surface area contributed by atoms with E-state index in [1.807, 2.05) is 109 Å². The first-order valence-electron chi connectivity index (χ1n) is 18.9. The normalized spacial score (nSPS) is 8.00. The van der Waals surface area contributed by atoms with Gasteiger partial charge in [0.25, 0.3) is 0 Å². The quantitative estimate of drug-likeness (QED) is 0.118. The lowest BCUT2D eigenvalue weighted by Crippen LogP contribution is -1.73. The van der Waals surface area contributed by atoms with Crippen molar-refractivity contribution >= 4 is 0 Å². The van der Waals surface area contributed by atoms with E-state index in [9.17, 15) is 0 Å². The van der Waals surface area contributed by atoms with Crippen LogP contribution in [0.1, 0.15) is 0 Å². The molecular formula is C44H48N20O2. The van der Waals surface area contributed by atoms with Gasteiger partial charge in [-0.25, -0.2) is 34.9 Å². The summed E-state index contributed by atoms with van der Waals surface area (Å²) in [6.07, 6.45) is 43.5. The number of H-pyrrole nitrogens is 4. The summed E-state index contributed by atoms with van der Waals surface area (Å²) < 4.78 is 8.94. The smallest absolute Gasteiger partial charge is 0.203 e. The van der Waals surface area contributed by atoms with Gasteiger partial charge in [0, 0.05) is 99.1 Å². The van der Waals surface area contributed by atoms with Crippen LogP contribution in [-0.4, -0.2) is 101 Å². The third kappa shape index (κ3) is 48.3. The minimum absolute atomic E-state index is 1.26. The van der Waals surface area contributed by atoms with Gasteiger partial charge in [0.2, 0.25) is 12.8 Å². The van der Waals surface area contributed by atoms with E-state index in [-0.39, 0.29) is 0 Å². The Morgan fingerprint density at radius 1 is 0.258 bits per heavy atom. The lowest BCUT2D eigenvalue weighted by atomic mass is 10.4. The average Bonchev–Trinajstić information content (AvgIpc) is 4.29. The van der Waals surface area contributed by atoms with Gasteiger partial charge in [-0.1, -0.05) is 42.5 Å². The van der Waals surface area contributed by atoms with E-state index in [0.29, 0.717) is 0 Å². The highest BCUT2D eigenvalue weighted by atomic mass is 16.3. The molecule has 0 saturated carbocycles. The highest BCUT2D eigenvalue weighted by Crippen LogP contribution is 1.81. The largest absolute Gasteiger partial charge is 0.473 e. The molecular weight excluding hydrogens is 841 g/mol. The molecule has 0 fully saturated rings. The lowest BCUT2D eigenvalue weighted by Gasteiger charge is -1.70. The van der Waals surface area contributed by atoms with Crippen LogP contribution < -0.4 is 0 Å². The van der Waals surface area contributed by atoms with Gasteiger partial charge in [0.15, 0.2) is 0 Å². The summed E-state index contributed by atoms with van der Waals surface area (Å²) in [7, 11) is 0. The molecule has 0 aliphatic rings. The first kappa shape index (κ1) is 53.9. The molecule has 0 unspecified atom stereocenters. The number of benzene rings is 1. The van der Waals surface area contributed by atoms with Gasteiger partial charge < -0.3 is 18.8 Å². The number of aromatic amines is 4. The molecule has 22 nitrogen and oxygen atoms in total. The zero-order valence-corrected chi connectivity index (χ0v) is 35.4. The Morgan fingerprint density at radius 3 is 0.970 bits per heavy atom. The van der Waals surface area contributed by atoms with E-state index in [4.69, 9.17) is 0 Å². The molecule has 11 heterocycles. The first-order valence-corrected chi connectivity index (χ1v) is 18.9. The van der Waals surface area contributed by atoms with Crippen molar-refractivity contribution in [3.63, 3.8) is 0 Å². The fourth-order valence-corrected chi connectivity index (χ4v) is 2.90. The van der Waals surface area contributed by atoms with Crippen molar-refractivity contribution in [2.45, 2.75) is 0 Å². The van der Waals surface area contributed by atoms with Crippen molar-refractivity contribution in [3.05, 3.63) is 272 Å². The molecule has 0 saturated heterocycles. The number of nitrogens with zero attached hydrogens (tertiary/aromatic N) is 16. The Morgan fingerprint density at radius 2 is 0.788 bits per heavy atom. The maximum Gasteiger partial charge on any atom is 0.203 e. The molecule has 12 rings (SSSR count). The van der Waals surface area contributed by atoms with Gasteiger partial charge in [0.05, 0.1) is 18.9 Å². The van der Waals surface area contributed by atoms with Crippen LogP contribution in [0.2, 0.25) is 0 Å². The molecule has 66 heavy (non-hydrogen) atoms. The predicted octanol–water partition coefficient (Wildman–Crippen LogP) is 7.06. The van der Waals surface area contributed by atoms with Crippen molar-refractivity contribution in [1.29, 1.82) is 0 Å². The average molecular weight is 889 g/mol. The van der Waals surface area contributed by atoms with Gasteiger partial charge in [-0.05, 0) is 60.7 Å². The molecule has 22 heteroatoms. The van der Waals surface area contributed by atoms with E-state index >= 15 is 0 Å². The molecule has 11 aromatic heterocycles. The Kier molecular flexibility index (Phi) is 41.7. The summed E-state index contributed by atoms with van der Waals surface area (Å²) in [4.78, 5) is 42.1. The van der Waals surface area contributed by atoms with Gasteiger partial charge in [-0.3, -0.25) is 25.1 Å². The molecule has 0 atom stereocenters. The summed E-state index contributed by atoms with van der Waals surface area (Å²) >= 11 is 0. The standard InChI is InChI=1S/C6H6.C5H5N.3C4H4N2.C4H5N.C4H4O.C3H3N3.2C3H4N2.C2H3N3.C2H2N2O/c2*1-2-4-6-5-3-1;1-2-6-4-3-5-1;1-2-5-4-6-3-1;1-2-4-6-5-3-1;2*1-2-4-5-3-1;1-4-2-6-3-5-1;1-2-5-3-4-1;1-2-4-5-3-1;1-3-2-5-4-1;1-3-4-2-5-1/h1-6H;1-5H;3*1-4H;1-5H;1-4H;1-3H;2*1-3H,(H,4,5);1-2H,(H,3,4,5);1-2H. The lowest BCUT2D eigenvalue weighted by molar-refractivity contribution is 0.553. The first-order chi connectivity index (χ1) is 33.0. The minimum Gasteiger partial charge on any atom is -0.473 e. The van der Waals surface area contributed by atoms with Crippen molar-refractivity contribution in [2.24, 2.45) is 0 Å². The van der Waals surface area contributed by atoms with E-state index in [1.165, 1.54) is 50.8 Å². The number of aromatic nitrogens is 20. The molecule has 1 aromatic carbocycles. The van der Waals surface area contributed by atoms with Crippen molar-refractivity contribution < 1.29 is 8.83 Å². The SMILES string of the molecule is c1c[nH]cn1.c1cc[nH]c1.c1ccccc1.c1ccncc1.c1ccnnc1.c1ccoc1.c1cn[nH]c1.c1cnccn1.c1cncnc1.c1nc[nH]n1.c1ncncn1.c1nnco1. The van der Waals surface area contributed by atoms with E-state index in [2.05, 4.69) is 109 Å². The summed E-state index contributed by atoms with van der Waals surface area (Å²) in [5.41, 5.74) is 0. The van der Waals surface area contributed by atoms with Crippen LogP contribution in [0.4, 0.5) is 0 Å². The zero-order chi connectivity index (χ0) is 46.7. The second-order valence-electron chi connectivity index (χ2n) is 10.1. The van der Waals surface area contributed by atoms with Crippen LogP contribution in [0.15, 0.2) is 281 Å². The van der Waals surface area contributed by atoms with Gasteiger partial charge in [-0.2, -0.15) is 20.4 Å². The molecule has 0 amide bonds. The third-order valence-electron chi connectivity index (χ3n) is 5.42. The highest BCUT2D eigenvalue weighted by Gasteiger charge is 1.64.